The van der Waals surface area contributed by atoms with Gasteiger partial charge in [0.1, 0.15) is 26.4 Å². The molecule has 0 aromatic rings. The molecule has 0 saturated heterocycles. The molecule has 0 fully saturated rings. The van der Waals surface area contributed by atoms with E-state index < -0.39 is 65.5 Å². The van der Waals surface area contributed by atoms with Gasteiger partial charge in [0.05, 0.1) is 5.41 Å². The summed E-state index contributed by atoms with van der Waals surface area (Å²) in [5, 5.41) is 37.4. The number of hydrogen-bond donors (Lipinski definition) is 0. The van der Waals surface area contributed by atoms with Crippen molar-refractivity contribution in [2.24, 2.45) is 5.41 Å². The summed E-state index contributed by atoms with van der Waals surface area (Å²) in [4.78, 5) is 64.9. The first-order valence-electron chi connectivity index (χ1n) is 6.74. The topological polar surface area (TPSA) is 224 Å². The van der Waals surface area contributed by atoms with Crippen LogP contribution < -0.4 is 5.11 Å². The Morgan fingerprint density at radius 1 is 0.769 bits per heavy atom. The molecule has 0 N–H and O–H groups in total. The highest BCUT2D eigenvalue weighted by atomic mass is 17.0. The molecule has 148 valence electrons. The Kier molecular flexibility index (Phi) is 9.67. The zero-order valence-electron chi connectivity index (χ0n) is 13.1. The number of carboxylic acids is 1. The lowest BCUT2D eigenvalue weighted by Crippen LogP contribution is -2.43. The highest BCUT2D eigenvalue weighted by Crippen LogP contribution is 2.21. The summed E-state index contributed by atoms with van der Waals surface area (Å²) in [5.41, 5.74) is -1.95. The number of carboxylic acid groups (broad SMARTS) is 1. The van der Waals surface area contributed by atoms with Crippen LogP contribution in [-0.4, -0.2) is 53.6 Å². The minimum Gasteiger partial charge on any atom is -0.550 e. The first-order valence-corrected chi connectivity index (χ1v) is 6.74. The van der Waals surface area contributed by atoms with Gasteiger partial charge >= 0.3 is 5.97 Å². The summed E-state index contributed by atoms with van der Waals surface area (Å²) < 4.78 is 4.73. The maximum absolute atomic E-state index is 11.5. The number of rotatable bonds is 15. The minimum absolute atomic E-state index is 0.129. The van der Waals surface area contributed by atoms with Crippen molar-refractivity contribution < 1.29 is 49.2 Å². The lowest BCUT2D eigenvalue weighted by molar-refractivity contribution is -0.782. The maximum Gasteiger partial charge on any atom is 0.305 e. The Bertz CT molecular complexity index is 491. The monoisotopic (exact) mass is 384 g/mol. The van der Waals surface area contributed by atoms with Gasteiger partial charge in [-0.3, -0.25) is 4.79 Å². The van der Waals surface area contributed by atoms with Crippen LogP contribution in [0.3, 0.4) is 0 Å². The molecule has 0 aliphatic carbocycles. The van der Waals surface area contributed by atoms with Gasteiger partial charge in [-0.2, -0.15) is 0 Å². The van der Waals surface area contributed by atoms with E-state index >= 15 is 0 Å². The van der Waals surface area contributed by atoms with Crippen LogP contribution in [0, 0.1) is 35.8 Å². The summed E-state index contributed by atoms with van der Waals surface area (Å²) in [6.45, 7) is -3.76. The molecule has 16 heteroatoms. The predicted molar refractivity (Wildman–Crippen MR) is 71.1 cm³/mol. The van der Waals surface area contributed by atoms with Crippen LogP contribution in [0.5, 0.6) is 0 Å². The van der Waals surface area contributed by atoms with Crippen LogP contribution in [0.15, 0.2) is 0 Å². The number of carbonyl (C=O) groups is 2. The molecule has 0 spiro atoms. The molecule has 0 aromatic heterocycles. The fraction of sp³-hybridized carbons (Fsp3) is 0.800. The van der Waals surface area contributed by atoms with Crippen LogP contribution in [0.25, 0.3) is 0 Å². The second-order valence-electron chi connectivity index (χ2n) is 4.88. The molecule has 0 aliphatic rings. The lowest BCUT2D eigenvalue weighted by Gasteiger charge is -2.29. The smallest absolute Gasteiger partial charge is 0.305 e. The molecule has 0 aliphatic heterocycles. The number of carbonyl (C=O) groups excluding carboxylic acids is 2. The third-order valence-electron chi connectivity index (χ3n) is 2.73. The molecule has 0 heterocycles. The van der Waals surface area contributed by atoms with E-state index in [0.717, 1.165) is 0 Å². The van der Waals surface area contributed by atoms with E-state index in [1.807, 2.05) is 0 Å². The standard InChI is InChI=1S/C10H15N3O13/c14-8(15)2-1-3-9(16)23-4-10(5-24-11(17)18,6-25-12(19)20)7-26-13(21)22/h1-7H2,(H,14,15)/p-1. The van der Waals surface area contributed by atoms with Crippen molar-refractivity contribution in [1.82, 2.24) is 0 Å². The van der Waals surface area contributed by atoms with Gasteiger partial charge < -0.3 is 29.2 Å². The third-order valence-corrected chi connectivity index (χ3v) is 2.73. The van der Waals surface area contributed by atoms with Crippen LogP contribution in [-0.2, 0) is 28.8 Å². The van der Waals surface area contributed by atoms with Gasteiger partial charge in [0, 0.05) is 12.4 Å². The van der Waals surface area contributed by atoms with Crippen molar-refractivity contribution in [2.45, 2.75) is 19.3 Å². The molecule has 0 unspecified atom stereocenters. The summed E-state index contributed by atoms with van der Waals surface area (Å²) >= 11 is 0. The number of ether oxygens (including phenoxy) is 1. The van der Waals surface area contributed by atoms with Crippen molar-refractivity contribution in [2.75, 3.05) is 26.4 Å². The highest BCUT2D eigenvalue weighted by molar-refractivity contribution is 5.70. The first-order chi connectivity index (χ1) is 12.1. The fourth-order valence-corrected chi connectivity index (χ4v) is 1.50. The molecular weight excluding hydrogens is 370 g/mol. The zero-order valence-corrected chi connectivity index (χ0v) is 13.1. The van der Waals surface area contributed by atoms with E-state index in [4.69, 9.17) is 4.74 Å². The number of nitrogens with zero attached hydrogens (tertiary/aromatic N) is 3. The van der Waals surface area contributed by atoms with Crippen LogP contribution in [0.4, 0.5) is 0 Å². The quantitative estimate of drug-likeness (QED) is 0.170. The normalized spacial score (nSPS) is 10.5. The van der Waals surface area contributed by atoms with Gasteiger partial charge in [-0.05, 0) is 12.8 Å². The second kappa shape index (κ2) is 11.2. The third kappa shape index (κ3) is 11.1. The Balaban J connectivity index is 4.99. The van der Waals surface area contributed by atoms with E-state index in [-0.39, 0.29) is 12.8 Å². The first kappa shape index (κ1) is 22.5. The lowest BCUT2D eigenvalue weighted by atomic mass is 9.92. The number of aliphatic carboxylic acids is 1. The Morgan fingerprint density at radius 2 is 1.19 bits per heavy atom. The molecule has 0 saturated carbocycles. The average Bonchev–Trinajstić information content (AvgIpc) is 2.52. The molecule has 0 aromatic carbocycles. The van der Waals surface area contributed by atoms with Crippen molar-refractivity contribution >= 4 is 11.9 Å². The Hall–Kier alpha value is -3.46. The summed E-state index contributed by atoms with van der Waals surface area (Å²) in [6, 6.07) is 0. The van der Waals surface area contributed by atoms with Crippen LogP contribution >= 0.6 is 0 Å². The number of esters is 1. The van der Waals surface area contributed by atoms with Gasteiger partial charge in [-0.25, -0.2) is 0 Å². The molecule has 0 amide bonds. The molecule has 16 nitrogen and oxygen atoms in total. The molecular formula is C10H14N3O13-. The SMILES string of the molecule is O=C([O-])CCCC(=O)OCC(CO[N+](=O)[O-])(CO[N+](=O)[O-])CO[N+](=O)[O-]. The number of hydrogen-bond acceptors (Lipinski definition) is 13. The summed E-state index contributed by atoms with van der Waals surface area (Å²) in [7, 11) is 0. The van der Waals surface area contributed by atoms with Gasteiger partial charge in [0.15, 0.2) is 0 Å². The van der Waals surface area contributed by atoms with E-state index in [0.29, 0.717) is 0 Å². The molecule has 0 bridgehead atoms. The van der Waals surface area contributed by atoms with E-state index in [9.17, 15) is 45.0 Å². The predicted octanol–water partition coefficient (Wildman–Crippen LogP) is -1.94. The van der Waals surface area contributed by atoms with E-state index in [2.05, 4.69) is 14.5 Å². The van der Waals surface area contributed by atoms with Gasteiger partial charge in [0.25, 0.3) is 15.3 Å². The average molecular weight is 384 g/mol. The Labute approximate surface area is 143 Å². The fourth-order valence-electron chi connectivity index (χ4n) is 1.50. The van der Waals surface area contributed by atoms with Crippen molar-refractivity contribution in [1.29, 1.82) is 0 Å². The van der Waals surface area contributed by atoms with Gasteiger partial charge in [-0.1, -0.05) is 0 Å². The zero-order chi connectivity index (χ0) is 20.2. The molecule has 0 rings (SSSR count). The molecule has 26 heavy (non-hydrogen) atoms. The minimum atomic E-state index is -1.95. The Morgan fingerprint density at radius 3 is 1.54 bits per heavy atom. The van der Waals surface area contributed by atoms with Crippen molar-refractivity contribution in [3.63, 3.8) is 0 Å². The largest absolute Gasteiger partial charge is 0.550 e. The van der Waals surface area contributed by atoms with Crippen LogP contribution in [0.1, 0.15) is 19.3 Å². The van der Waals surface area contributed by atoms with E-state index in [1.54, 1.807) is 0 Å². The second-order valence-corrected chi connectivity index (χ2v) is 4.88. The maximum atomic E-state index is 11.5. The van der Waals surface area contributed by atoms with E-state index in [1.165, 1.54) is 0 Å². The van der Waals surface area contributed by atoms with Crippen LogP contribution in [0.2, 0.25) is 0 Å². The molecule has 0 radical (unpaired) electrons. The summed E-state index contributed by atoms with van der Waals surface area (Å²) in [6.07, 6.45) is -0.928. The van der Waals surface area contributed by atoms with Gasteiger partial charge in [0.2, 0.25) is 0 Å². The van der Waals surface area contributed by atoms with Gasteiger partial charge in [-0.15, -0.1) is 30.3 Å². The summed E-state index contributed by atoms with van der Waals surface area (Å²) in [5.74, 6) is -2.36. The highest BCUT2D eigenvalue weighted by Gasteiger charge is 2.37. The molecule has 0 atom stereocenters. The van der Waals surface area contributed by atoms with Crippen molar-refractivity contribution in [3.05, 3.63) is 30.3 Å². The van der Waals surface area contributed by atoms with Crippen molar-refractivity contribution in [3.8, 4) is 0 Å².